The second-order valence-electron chi connectivity index (χ2n) is 22.8. The molecule has 12 N–H and O–H groups in total. The molecule has 478 valence electrons. The van der Waals surface area contributed by atoms with Crippen LogP contribution in [0.15, 0.2) is 48.6 Å². The van der Waals surface area contributed by atoms with E-state index in [1.807, 2.05) is 6.08 Å². The number of hydrogen-bond donors (Lipinski definition) is 12. The molecule has 0 aromatic rings. The highest BCUT2D eigenvalue weighted by Crippen LogP contribution is 2.33. The van der Waals surface area contributed by atoms with E-state index in [9.17, 15) is 61.0 Å². The van der Waals surface area contributed by atoms with Gasteiger partial charge < -0.3 is 89.9 Å². The van der Waals surface area contributed by atoms with Crippen molar-refractivity contribution in [2.24, 2.45) is 0 Å². The number of ether oxygens (including phenoxy) is 6. The van der Waals surface area contributed by atoms with Gasteiger partial charge in [-0.1, -0.05) is 184 Å². The Morgan fingerprint density at radius 2 is 0.780 bits per heavy atom. The number of carbonyl (C=O) groups is 1. The molecule has 3 heterocycles. The van der Waals surface area contributed by atoms with E-state index in [4.69, 9.17) is 28.4 Å². The lowest BCUT2D eigenvalue weighted by atomic mass is 9.96. The van der Waals surface area contributed by atoms with Gasteiger partial charge in [-0.3, -0.25) is 4.79 Å². The molecule has 0 spiro atoms. The first-order chi connectivity index (χ1) is 39.8. The van der Waals surface area contributed by atoms with E-state index in [-0.39, 0.29) is 18.9 Å². The second-order valence-corrected chi connectivity index (χ2v) is 22.8. The Balaban J connectivity index is 1.51. The third-order valence-corrected chi connectivity index (χ3v) is 15.8. The SMILES string of the molecule is CCCCCCCCC/C=C\CCCCCCCC(=O)NC(COC1OC(CO)C(OC2OC(CO)C(OC3OC(CO)C(O)C(O)C3O)C(O)C2O)C(O)C1O)C(O)/C=C/CC/C=C/CC/C=C/CCCCCCCCCCCCC. The highest BCUT2D eigenvalue weighted by Gasteiger charge is 2.53. The Hall–Kier alpha value is -2.25. The summed E-state index contributed by atoms with van der Waals surface area (Å²) in [6.45, 7) is 1.69. The summed E-state index contributed by atoms with van der Waals surface area (Å²) >= 11 is 0. The number of hydrogen-bond acceptors (Lipinski definition) is 18. The molecule has 3 aliphatic heterocycles. The number of aliphatic hydroxyl groups excluding tert-OH is 11. The number of unbranched alkanes of at least 4 members (excludes halogenated alkanes) is 25. The minimum absolute atomic E-state index is 0.221. The normalized spacial score (nSPS) is 29.9. The molecule has 3 saturated heterocycles. The summed E-state index contributed by atoms with van der Waals surface area (Å²) in [6, 6.07) is -1.00. The molecule has 19 nitrogen and oxygen atoms in total. The predicted octanol–water partition coefficient (Wildman–Crippen LogP) is 6.65. The zero-order valence-electron chi connectivity index (χ0n) is 50.0. The van der Waals surface area contributed by atoms with Gasteiger partial charge in [0.2, 0.25) is 5.91 Å². The highest BCUT2D eigenvalue weighted by atomic mass is 16.8. The Bertz CT molecular complexity index is 1680. The van der Waals surface area contributed by atoms with Crippen LogP contribution >= 0.6 is 0 Å². The maximum absolute atomic E-state index is 13.3. The van der Waals surface area contributed by atoms with E-state index in [2.05, 4.69) is 55.6 Å². The summed E-state index contributed by atoms with van der Waals surface area (Å²) in [5.74, 6) is -0.299. The number of aliphatic hydroxyl groups is 11. The van der Waals surface area contributed by atoms with E-state index in [1.54, 1.807) is 6.08 Å². The molecular formula is C63H113NO18. The smallest absolute Gasteiger partial charge is 0.220 e. The van der Waals surface area contributed by atoms with Crippen LogP contribution < -0.4 is 5.32 Å². The van der Waals surface area contributed by atoms with Gasteiger partial charge in [0.1, 0.15) is 73.2 Å². The lowest BCUT2D eigenvalue weighted by Crippen LogP contribution is -2.66. The summed E-state index contributed by atoms with van der Waals surface area (Å²) in [5.41, 5.74) is 0. The summed E-state index contributed by atoms with van der Waals surface area (Å²) in [7, 11) is 0. The van der Waals surface area contributed by atoms with Crippen molar-refractivity contribution in [3.8, 4) is 0 Å². The molecule has 0 aliphatic carbocycles. The van der Waals surface area contributed by atoms with Gasteiger partial charge >= 0.3 is 0 Å². The zero-order valence-corrected chi connectivity index (χ0v) is 50.0. The van der Waals surface area contributed by atoms with Gasteiger partial charge in [-0.15, -0.1) is 0 Å². The maximum Gasteiger partial charge on any atom is 0.220 e. The summed E-state index contributed by atoms with van der Waals surface area (Å²) in [6.07, 6.45) is 25.2. The summed E-state index contributed by atoms with van der Waals surface area (Å²) in [4.78, 5) is 13.3. The van der Waals surface area contributed by atoms with Crippen LogP contribution in [0.25, 0.3) is 0 Å². The molecule has 1 amide bonds. The molecule has 0 aromatic heterocycles. The average Bonchev–Trinajstić information content (AvgIpc) is 3.24. The van der Waals surface area contributed by atoms with Crippen molar-refractivity contribution < 1.29 is 89.4 Å². The van der Waals surface area contributed by atoms with Gasteiger partial charge in [0.05, 0.1) is 38.6 Å². The van der Waals surface area contributed by atoms with E-state index < -0.39 is 124 Å². The van der Waals surface area contributed by atoms with E-state index in [1.165, 1.54) is 116 Å². The van der Waals surface area contributed by atoms with Crippen molar-refractivity contribution in [3.63, 3.8) is 0 Å². The largest absolute Gasteiger partial charge is 0.394 e. The van der Waals surface area contributed by atoms with Crippen LogP contribution in [0.5, 0.6) is 0 Å². The van der Waals surface area contributed by atoms with Crippen LogP contribution in [0.2, 0.25) is 0 Å². The highest BCUT2D eigenvalue weighted by molar-refractivity contribution is 5.76. The second kappa shape index (κ2) is 46.0. The van der Waals surface area contributed by atoms with Crippen molar-refractivity contribution >= 4 is 5.91 Å². The Kier molecular flexibility index (Phi) is 41.5. The van der Waals surface area contributed by atoms with E-state index in [0.29, 0.717) is 12.8 Å². The third-order valence-electron chi connectivity index (χ3n) is 15.8. The lowest BCUT2D eigenvalue weighted by Gasteiger charge is -2.48. The molecular weight excluding hydrogens is 1060 g/mol. The van der Waals surface area contributed by atoms with E-state index in [0.717, 1.165) is 64.2 Å². The van der Waals surface area contributed by atoms with Crippen LogP contribution in [-0.4, -0.2) is 193 Å². The van der Waals surface area contributed by atoms with Gasteiger partial charge in [-0.05, 0) is 70.6 Å². The monoisotopic (exact) mass is 1170 g/mol. The molecule has 3 aliphatic rings. The summed E-state index contributed by atoms with van der Waals surface area (Å²) in [5, 5.41) is 120. The predicted molar refractivity (Wildman–Crippen MR) is 314 cm³/mol. The first-order valence-electron chi connectivity index (χ1n) is 31.9. The zero-order chi connectivity index (χ0) is 59.7. The summed E-state index contributed by atoms with van der Waals surface area (Å²) < 4.78 is 34.2. The standard InChI is InChI=1S/C63H113NO18/c1-3-5-7-9-11-13-15-17-19-21-22-23-24-25-26-28-30-32-34-36-38-40-47(68)46(64-51(69)41-39-37-35-33-31-29-27-20-18-16-14-12-10-8-6-4-2)45-77-61-57(75)54(72)59(49(43-66)79-61)82-63-58(76)55(73)60(50(44-67)80-63)81-62-56(74)53(71)52(70)48(42-65)78-62/h20,24-25,27,30,32,38,40,46-50,52-63,65-68,70-76H,3-19,21-23,26,28-29,31,33-37,39,41-45H2,1-2H3,(H,64,69)/b25-24+,27-20-,32-30+,40-38+. The van der Waals surface area contributed by atoms with Crippen molar-refractivity contribution in [3.05, 3.63) is 48.6 Å². The van der Waals surface area contributed by atoms with E-state index >= 15 is 0 Å². The molecule has 82 heavy (non-hydrogen) atoms. The lowest BCUT2D eigenvalue weighted by molar-refractivity contribution is -0.379. The van der Waals surface area contributed by atoms with Crippen molar-refractivity contribution in [2.45, 2.75) is 317 Å². The van der Waals surface area contributed by atoms with Crippen molar-refractivity contribution in [2.75, 3.05) is 26.4 Å². The topological polar surface area (TPSA) is 307 Å². The third kappa shape index (κ3) is 29.0. The number of nitrogens with one attached hydrogen (secondary N) is 1. The number of amides is 1. The molecule has 17 unspecified atom stereocenters. The Labute approximate surface area is 491 Å². The van der Waals surface area contributed by atoms with Crippen LogP contribution in [0, 0.1) is 0 Å². The van der Waals surface area contributed by atoms with Gasteiger partial charge in [-0.2, -0.15) is 0 Å². The molecule has 3 fully saturated rings. The first kappa shape index (κ1) is 74.0. The molecule has 19 heteroatoms. The fourth-order valence-corrected chi connectivity index (χ4v) is 10.6. The van der Waals surface area contributed by atoms with Crippen LogP contribution in [0.4, 0.5) is 0 Å². The number of carbonyl (C=O) groups excluding carboxylic acids is 1. The first-order valence-corrected chi connectivity index (χ1v) is 31.9. The molecule has 0 radical (unpaired) electrons. The van der Waals surface area contributed by atoms with Crippen molar-refractivity contribution in [1.29, 1.82) is 0 Å². The quantitative estimate of drug-likeness (QED) is 0.0224. The molecule has 0 aromatic carbocycles. The molecule has 3 rings (SSSR count). The van der Waals surface area contributed by atoms with Crippen LogP contribution in [0.1, 0.15) is 213 Å². The van der Waals surface area contributed by atoms with Crippen molar-refractivity contribution in [1.82, 2.24) is 5.32 Å². The molecule has 0 saturated carbocycles. The maximum atomic E-state index is 13.3. The average molecular weight is 1170 g/mol. The minimum Gasteiger partial charge on any atom is -0.394 e. The Morgan fingerprint density at radius 3 is 1.22 bits per heavy atom. The fraction of sp³-hybridized carbons (Fsp3) is 0.857. The van der Waals surface area contributed by atoms with Crippen LogP contribution in [0.3, 0.4) is 0 Å². The van der Waals surface area contributed by atoms with Crippen LogP contribution in [-0.2, 0) is 33.2 Å². The van der Waals surface area contributed by atoms with Gasteiger partial charge in [-0.25, -0.2) is 0 Å². The number of allylic oxidation sites excluding steroid dienone is 7. The van der Waals surface area contributed by atoms with Gasteiger partial charge in [0, 0.05) is 6.42 Å². The van der Waals surface area contributed by atoms with Gasteiger partial charge in [0.15, 0.2) is 18.9 Å². The molecule has 17 atom stereocenters. The number of rotatable bonds is 47. The molecule has 0 bridgehead atoms. The Morgan fingerprint density at radius 1 is 0.427 bits per heavy atom. The minimum atomic E-state index is -1.98. The fourth-order valence-electron chi connectivity index (χ4n) is 10.6. The van der Waals surface area contributed by atoms with Gasteiger partial charge in [0.25, 0.3) is 0 Å².